The van der Waals surface area contributed by atoms with Gasteiger partial charge in [-0.05, 0) is 56.5 Å². The molecule has 1 amide bonds. The number of aryl methyl sites for hydroxylation is 1. The molecule has 0 saturated heterocycles. The number of hydrogen-bond donors (Lipinski definition) is 1. The second-order valence-electron chi connectivity index (χ2n) is 3.48. The maximum Gasteiger partial charge on any atom is 0.261 e. The first kappa shape index (κ1) is 13.3. The third kappa shape index (κ3) is 3.40. The van der Waals surface area contributed by atoms with E-state index >= 15 is 0 Å². The van der Waals surface area contributed by atoms with Crippen molar-refractivity contribution < 1.29 is 4.79 Å². The lowest BCUT2D eigenvalue weighted by Crippen LogP contribution is -2.21. The first-order valence-electron chi connectivity index (χ1n) is 4.83. The van der Waals surface area contributed by atoms with E-state index < -0.39 is 0 Å². The second kappa shape index (κ2) is 5.65. The van der Waals surface area contributed by atoms with Crippen molar-refractivity contribution in [3.8, 4) is 0 Å². The van der Waals surface area contributed by atoms with Crippen LogP contribution in [0, 0.1) is 6.92 Å². The van der Waals surface area contributed by atoms with Crippen molar-refractivity contribution in [1.29, 1.82) is 0 Å². The summed E-state index contributed by atoms with van der Waals surface area (Å²) in [5, 5.41) is 4.92. The lowest BCUT2D eigenvalue weighted by atomic mass is 10.3. The van der Waals surface area contributed by atoms with Gasteiger partial charge in [0.15, 0.2) is 0 Å². The largest absolute Gasteiger partial charge is 0.346 e. The van der Waals surface area contributed by atoms with E-state index in [-0.39, 0.29) is 5.91 Å². The van der Waals surface area contributed by atoms with E-state index in [2.05, 4.69) is 37.2 Å². The average molecular weight is 395 g/mol. The fourth-order valence-corrected chi connectivity index (χ4v) is 4.11. The van der Waals surface area contributed by atoms with Gasteiger partial charge >= 0.3 is 0 Å². The minimum absolute atomic E-state index is 0.0201. The topological polar surface area (TPSA) is 29.1 Å². The quantitative estimate of drug-likeness (QED) is 0.811. The Labute approximate surface area is 124 Å². The van der Waals surface area contributed by atoms with Gasteiger partial charge in [-0.15, -0.1) is 22.7 Å². The lowest BCUT2D eigenvalue weighted by Gasteiger charge is -2.00. The first-order chi connectivity index (χ1) is 8.06. The molecule has 2 rings (SSSR count). The maximum absolute atomic E-state index is 11.9. The number of carbonyl (C=O) groups excluding carboxylic acids is 1. The van der Waals surface area contributed by atoms with Crippen molar-refractivity contribution >= 4 is 60.4 Å². The summed E-state index contributed by atoms with van der Waals surface area (Å²) in [7, 11) is 0. The molecule has 0 spiro atoms. The minimum Gasteiger partial charge on any atom is -0.346 e. The van der Waals surface area contributed by atoms with E-state index in [1.807, 2.05) is 24.4 Å². The molecule has 2 aromatic rings. The molecule has 0 unspecified atom stereocenters. The van der Waals surface area contributed by atoms with Crippen molar-refractivity contribution in [2.45, 2.75) is 13.5 Å². The van der Waals surface area contributed by atoms with E-state index in [9.17, 15) is 4.79 Å². The molecule has 0 aliphatic carbocycles. The van der Waals surface area contributed by atoms with Crippen LogP contribution < -0.4 is 5.32 Å². The van der Waals surface area contributed by atoms with Crippen LogP contribution in [0.1, 0.15) is 20.1 Å². The zero-order valence-electron chi connectivity index (χ0n) is 8.92. The van der Waals surface area contributed by atoms with Crippen molar-refractivity contribution in [2.24, 2.45) is 0 Å². The molecule has 6 heteroatoms. The Morgan fingerprint density at radius 1 is 1.41 bits per heavy atom. The number of rotatable bonds is 3. The van der Waals surface area contributed by atoms with Crippen LogP contribution in [-0.4, -0.2) is 5.91 Å². The zero-order chi connectivity index (χ0) is 12.4. The Kier molecular flexibility index (Phi) is 4.41. The number of thiophene rings is 2. The summed E-state index contributed by atoms with van der Waals surface area (Å²) < 4.78 is 2.07. The Balaban J connectivity index is 1.98. The second-order valence-corrected chi connectivity index (χ2v) is 7.76. The molecule has 0 bridgehead atoms. The van der Waals surface area contributed by atoms with Crippen molar-refractivity contribution in [2.75, 3.05) is 0 Å². The zero-order valence-corrected chi connectivity index (χ0v) is 13.7. The normalized spacial score (nSPS) is 10.5. The van der Waals surface area contributed by atoms with Crippen molar-refractivity contribution in [3.05, 3.63) is 41.1 Å². The molecule has 0 saturated carbocycles. The minimum atomic E-state index is -0.0201. The van der Waals surface area contributed by atoms with Crippen molar-refractivity contribution in [1.82, 2.24) is 5.32 Å². The Morgan fingerprint density at radius 3 is 2.71 bits per heavy atom. The summed E-state index contributed by atoms with van der Waals surface area (Å²) in [5.41, 5.74) is 1.10. The van der Waals surface area contributed by atoms with E-state index in [0.29, 0.717) is 6.54 Å². The van der Waals surface area contributed by atoms with Crippen LogP contribution in [0.5, 0.6) is 0 Å². The molecular weight excluding hydrogens is 386 g/mol. The molecule has 0 aliphatic heterocycles. The van der Waals surface area contributed by atoms with Gasteiger partial charge in [-0.3, -0.25) is 4.79 Å². The highest BCUT2D eigenvalue weighted by atomic mass is 79.9. The van der Waals surface area contributed by atoms with Crippen LogP contribution in [0.2, 0.25) is 0 Å². The highest BCUT2D eigenvalue weighted by Crippen LogP contribution is 2.27. The van der Waals surface area contributed by atoms with Gasteiger partial charge in [0.2, 0.25) is 0 Å². The van der Waals surface area contributed by atoms with Gasteiger partial charge in [0, 0.05) is 14.7 Å². The van der Waals surface area contributed by atoms with Gasteiger partial charge in [-0.2, -0.15) is 0 Å². The van der Waals surface area contributed by atoms with Gasteiger partial charge < -0.3 is 5.32 Å². The summed E-state index contributed by atoms with van der Waals surface area (Å²) in [5.74, 6) is -0.0201. The number of halogens is 2. The first-order valence-corrected chi connectivity index (χ1v) is 8.11. The predicted octanol–water partition coefficient (Wildman–Crippen LogP) is 4.57. The van der Waals surface area contributed by atoms with Crippen LogP contribution in [0.3, 0.4) is 0 Å². The predicted molar refractivity (Wildman–Crippen MR) is 79.9 cm³/mol. The van der Waals surface area contributed by atoms with Crippen LogP contribution in [0.25, 0.3) is 0 Å². The van der Waals surface area contributed by atoms with E-state index in [1.165, 1.54) is 11.3 Å². The number of nitrogens with one attached hydrogen (secondary N) is 1. The Hall–Kier alpha value is -0.170. The van der Waals surface area contributed by atoms with Gasteiger partial charge in [-0.25, -0.2) is 0 Å². The van der Waals surface area contributed by atoms with Gasteiger partial charge in [-0.1, -0.05) is 0 Å². The molecule has 2 aromatic heterocycles. The number of hydrogen-bond acceptors (Lipinski definition) is 3. The number of amides is 1. The molecule has 0 atom stereocenters. The van der Waals surface area contributed by atoms with Crippen LogP contribution in [0.4, 0.5) is 0 Å². The third-order valence-corrected chi connectivity index (χ3v) is 5.96. The summed E-state index contributed by atoms with van der Waals surface area (Å²) in [6.45, 7) is 2.55. The molecule has 2 heterocycles. The van der Waals surface area contributed by atoms with Crippen LogP contribution >= 0.6 is 54.5 Å². The van der Waals surface area contributed by atoms with Crippen LogP contribution in [-0.2, 0) is 6.54 Å². The van der Waals surface area contributed by atoms with Gasteiger partial charge in [0.1, 0.15) is 0 Å². The molecule has 0 aromatic carbocycles. The maximum atomic E-state index is 11.9. The summed E-state index contributed by atoms with van der Waals surface area (Å²) in [4.78, 5) is 13.7. The summed E-state index contributed by atoms with van der Waals surface area (Å²) in [6.07, 6.45) is 0. The molecule has 1 N–H and O–H groups in total. The SMILES string of the molecule is Cc1cc(C(=O)NCc2cc(Br)cs2)sc1Br. The average Bonchev–Trinajstić information content (AvgIpc) is 2.83. The van der Waals surface area contributed by atoms with Gasteiger partial charge in [0.05, 0.1) is 15.2 Å². The van der Waals surface area contributed by atoms with E-state index in [4.69, 9.17) is 0 Å². The smallest absolute Gasteiger partial charge is 0.261 e. The standard InChI is InChI=1S/C11H9Br2NOS2/c1-6-2-9(17-10(6)13)11(15)14-4-8-3-7(12)5-16-8/h2-3,5H,4H2,1H3,(H,14,15). The molecule has 0 fully saturated rings. The molecule has 2 nitrogen and oxygen atoms in total. The highest BCUT2D eigenvalue weighted by molar-refractivity contribution is 9.11. The Morgan fingerprint density at radius 2 is 2.18 bits per heavy atom. The molecular formula is C11H9Br2NOS2. The number of carbonyl (C=O) groups is 1. The molecule has 0 aliphatic rings. The highest BCUT2D eigenvalue weighted by Gasteiger charge is 2.11. The fraction of sp³-hybridized carbons (Fsp3) is 0.182. The molecule has 17 heavy (non-hydrogen) atoms. The molecule has 90 valence electrons. The van der Waals surface area contributed by atoms with E-state index in [0.717, 1.165) is 23.6 Å². The summed E-state index contributed by atoms with van der Waals surface area (Å²) >= 11 is 9.90. The molecule has 0 radical (unpaired) electrons. The summed E-state index contributed by atoms with van der Waals surface area (Å²) in [6, 6.07) is 3.91. The van der Waals surface area contributed by atoms with E-state index in [1.54, 1.807) is 11.3 Å². The van der Waals surface area contributed by atoms with Crippen LogP contribution in [0.15, 0.2) is 25.8 Å². The monoisotopic (exact) mass is 393 g/mol. The fourth-order valence-electron chi connectivity index (χ4n) is 1.27. The van der Waals surface area contributed by atoms with Gasteiger partial charge in [0.25, 0.3) is 5.91 Å². The lowest BCUT2D eigenvalue weighted by molar-refractivity contribution is 0.0955. The van der Waals surface area contributed by atoms with Crippen molar-refractivity contribution in [3.63, 3.8) is 0 Å². The Bertz CT molecular complexity index is 528. The third-order valence-electron chi connectivity index (χ3n) is 2.13.